The summed E-state index contributed by atoms with van der Waals surface area (Å²) >= 11 is 1.65. The van der Waals surface area contributed by atoms with Crippen LogP contribution < -0.4 is 5.32 Å². The van der Waals surface area contributed by atoms with Gasteiger partial charge in [0.2, 0.25) is 0 Å². The molecule has 0 aliphatic carbocycles. The van der Waals surface area contributed by atoms with E-state index in [0.29, 0.717) is 23.5 Å². The Hall–Kier alpha value is -3.39. The predicted molar refractivity (Wildman–Crippen MR) is 105 cm³/mol. The number of thiophene rings is 1. The van der Waals surface area contributed by atoms with Gasteiger partial charge in [-0.1, -0.05) is 11.3 Å². The highest BCUT2D eigenvalue weighted by Crippen LogP contribution is 2.24. The summed E-state index contributed by atoms with van der Waals surface area (Å²) in [5, 5.41) is 13.1. The van der Waals surface area contributed by atoms with Crippen molar-refractivity contribution < 1.29 is 9.18 Å². The van der Waals surface area contributed by atoms with Crippen LogP contribution in [0.2, 0.25) is 0 Å². The molecular formula is C20H16FN5OS. The highest BCUT2D eigenvalue weighted by molar-refractivity contribution is 7.09. The van der Waals surface area contributed by atoms with Gasteiger partial charge in [0.25, 0.3) is 5.91 Å². The minimum absolute atomic E-state index is 0.198. The molecule has 4 aromatic rings. The van der Waals surface area contributed by atoms with Crippen molar-refractivity contribution in [3.63, 3.8) is 0 Å². The van der Waals surface area contributed by atoms with E-state index in [9.17, 15) is 9.18 Å². The van der Waals surface area contributed by atoms with Gasteiger partial charge in [-0.25, -0.2) is 9.07 Å². The topological polar surface area (TPSA) is 72.7 Å². The van der Waals surface area contributed by atoms with Crippen LogP contribution in [0.5, 0.6) is 0 Å². The van der Waals surface area contributed by atoms with E-state index in [4.69, 9.17) is 0 Å². The SMILES string of the molecule is O=C(NCCc1cccs1)c1nnn(-c2ccc(F)cc2)c1-c1cccnc1. The van der Waals surface area contributed by atoms with Gasteiger partial charge in [0.05, 0.1) is 5.69 Å². The summed E-state index contributed by atoms with van der Waals surface area (Å²) < 4.78 is 14.8. The maximum atomic E-state index is 13.3. The van der Waals surface area contributed by atoms with Crippen molar-refractivity contribution in [2.45, 2.75) is 6.42 Å². The second-order valence-corrected chi connectivity index (χ2v) is 7.03. The maximum Gasteiger partial charge on any atom is 0.274 e. The van der Waals surface area contributed by atoms with Gasteiger partial charge in [-0.05, 0) is 54.3 Å². The van der Waals surface area contributed by atoms with Crippen LogP contribution in [0.1, 0.15) is 15.4 Å². The number of aromatic nitrogens is 4. The summed E-state index contributed by atoms with van der Waals surface area (Å²) in [5.41, 5.74) is 2.00. The number of hydrogen-bond acceptors (Lipinski definition) is 5. The lowest BCUT2D eigenvalue weighted by Crippen LogP contribution is -2.26. The summed E-state index contributed by atoms with van der Waals surface area (Å²) in [6, 6.07) is 13.5. The fourth-order valence-corrected chi connectivity index (χ4v) is 3.51. The van der Waals surface area contributed by atoms with Crippen LogP contribution in [-0.2, 0) is 6.42 Å². The number of benzene rings is 1. The molecule has 0 saturated carbocycles. The van der Waals surface area contributed by atoms with E-state index in [-0.39, 0.29) is 17.4 Å². The third-order valence-corrected chi connectivity index (χ3v) is 5.06. The van der Waals surface area contributed by atoms with Crippen LogP contribution in [0, 0.1) is 5.82 Å². The fraction of sp³-hybridized carbons (Fsp3) is 0.100. The third kappa shape index (κ3) is 3.81. The second kappa shape index (κ2) is 8.10. The highest BCUT2D eigenvalue weighted by atomic mass is 32.1. The molecule has 0 aliphatic heterocycles. The minimum Gasteiger partial charge on any atom is -0.350 e. The van der Waals surface area contributed by atoms with E-state index in [1.807, 2.05) is 23.6 Å². The van der Waals surface area contributed by atoms with Crippen LogP contribution in [0.4, 0.5) is 4.39 Å². The van der Waals surface area contributed by atoms with Crippen LogP contribution in [0.3, 0.4) is 0 Å². The van der Waals surface area contributed by atoms with Crippen LogP contribution in [-0.4, -0.2) is 32.4 Å². The first-order valence-corrected chi connectivity index (χ1v) is 9.53. The highest BCUT2D eigenvalue weighted by Gasteiger charge is 2.22. The quantitative estimate of drug-likeness (QED) is 0.544. The number of nitrogens with zero attached hydrogens (tertiary/aromatic N) is 4. The Morgan fingerprint density at radius 2 is 2.00 bits per heavy atom. The second-order valence-electron chi connectivity index (χ2n) is 6.00. The zero-order valence-electron chi connectivity index (χ0n) is 14.7. The predicted octanol–water partition coefficient (Wildman–Crippen LogP) is 3.50. The largest absolute Gasteiger partial charge is 0.350 e. The van der Waals surface area contributed by atoms with E-state index in [1.165, 1.54) is 21.7 Å². The van der Waals surface area contributed by atoms with Gasteiger partial charge in [0, 0.05) is 29.4 Å². The number of carbonyl (C=O) groups is 1. The fourth-order valence-electron chi connectivity index (χ4n) is 2.80. The van der Waals surface area contributed by atoms with E-state index in [1.54, 1.807) is 41.9 Å². The summed E-state index contributed by atoms with van der Waals surface area (Å²) in [7, 11) is 0. The standard InChI is InChI=1S/C20H16FN5OS/c21-15-5-7-16(8-6-15)26-19(14-3-1-10-22-13-14)18(24-25-26)20(27)23-11-9-17-4-2-12-28-17/h1-8,10,12-13H,9,11H2,(H,23,27). The Balaban J connectivity index is 1.65. The number of nitrogens with one attached hydrogen (secondary N) is 1. The first-order chi connectivity index (χ1) is 13.7. The Morgan fingerprint density at radius 1 is 1.14 bits per heavy atom. The summed E-state index contributed by atoms with van der Waals surface area (Å²) in [6.45, 7) is 0.495. The molecule has 3 aromatic heterocycles. The minimum atomic E-state index is -0.349. The number of carbonyl (C=O) groups excluding carboxylic acids is 1. The van der Waals surface area contributed by atoms with Gasteiger partial charge in [-0.3, -0.25) is 9.78 Å². The molecule has 8 heteroatoms. The van der Waals surface area contributed by atoms with Crippen LogP contribution >= 0.6 is 11.3 Å². The molecule has 0 radical (unpaired) electrons. The third-order valence-electron chi connectivity index (χ3n) is 4.13. The summed E-state index contributed by atoms with van der Waals surface area (Å²) in [5.74, 6) is -0.665. The van der Waals surface area contributed by atoms with Crippen molar-refractivity contribution in [3.8, 4) is 16.9 Å². The van der Waals surface area contributed by atoms with Crippen molar-refractivity contribution in [2.24, 2.45) is 0 Å². The van der Waals surface area contributed by atoms with Gasteiger partial charge in [-0.15, -0.1) is 16.4 Å². The molecule has 0 atom stereocenters. The van der Waals surface area contributed by atoms with Crippen LogP contribution in [0.15, 0.2) is 66.3 Å². The number of hydrogen-bond donors (Lipinski definition) is 1. The smallest absolute Gasteiger partial charge is 0.274 e. The molecule has 0 bridgehead atoms. The Bertz CT molecular complexity index is 1060. The number of rotatable bonds is 6. The van der Waals surface area contributed by atoms with Crippen LogP contribution in [0.25, 0.3) is 16.9 Å². The molecule has 6 nitrogen and oxygen atoms in total. The Labute approximate surface area is 164 Å². The van der Waals surface area contributed by atoms with Crippen molar-refractivity contribution in [1.82, 2.24) is 25.3 Å². The lowest BCUT2D eigenvalue weighted by atomic mass is 10.1. The van der Waals surface area contributed by atoms with Crippen molar-refractivity contribution in [3.05, 3.63) is 82.7 Å². The molecule has 4 rings (SSSR count). The van der Waals surface area contributed by atoms with Gasteiger partial charge < -0.3 is 5.32 Å². The van der Waals surface area contributed by atoms with Gasteiger partial charge in [0.1, 0.15) is 11.5 Å². The van der Waals surface area contributed by atoms with E-state index in [0.717, 1.165) is 6.42 Å². The Morgan fingerprint density at radius 3 is 2.71 bits per heavy atom. The molecular weight excluding hydrogens is 377 g/mol. The molecule has 1 aromatic carbocycles. The molecule has 1 N–H and O–H groups in total. The van der Waals surface area contributed by atoms with E-state index >= 15 is 0 Å². The van der Waals surface area contributed by atoms with E-state index < -0.39 is 0 Å². The number of halogens is 1. The molecule has 28 heavy (non-hydrogen) atoms. The first-order valence-electron chi connectivity index (χ1n) is 8.65. The molecule has 1 amide bonds. The van der Waals surface area contributed by atoms with Gasteiger partial charge in [-0.2, -0.15) is 0 Å². The summed E-state index contributed by atoms with van der Waals surface area (Å²) in [6.07, 6.45) is 4.04. The molecule has 0 aliphatic rings. The molecule has 0 unspecified atom stereocenters. The molecule has 140 valence electrons. The number of pyridine rings is 1. The van der Waals surface area contributed by atoms with Gasteiger partial charge >= 0.3 is 0 Å². The zero-order valence-corrected chi connectivity index (χ0v) is 15.6. The lowest BCUT2D eigenvalue weighted by molar-refractivity contribution is 0.0950. The average molecular weight is 393 g/mol. The normalized spacial score (nSPS) is 10.8. The summed E-state index contributed by atoms with van der Waals surface area (Å²) in [4.78, 5) is 18.1. The average Bonchev–Trinajstić information content (AvgIpc) is 3.39. The zero-order chi connectivity index (χ0) is 19.3. The lowest BCUT2D eigenvalue weighted by Gasteiger charge is -2.08. The molecule has 0 saturated heterocycles. The molecule has 0 spiro atoms. The Kier molecular flexibility index (Phi) is 5.20. The number of amides is 1. The molecule has 0 fully saturated rings. The van der Waals surface area contributed by atoms with E-state index in [2.05, 4.69) is 20.6 Å². The molecule has 3 heterocycles. The van der Waals surface area contributed by atoms with Crippen molar-refractivity contribution in [1.29, 1.82) is 0 Å². The van der Waals surface area contributed by atoms with Crippen molar-refractivity contribution >= 4 is 17.2 Å². The maximum absolute atomic E-state index is 13.3. The van der Waals surface area contributed by atoms with Gasteiger partial charge in [0.15, 0.2) is 5.69 Å². The monoisotopic (exact) mass is 393 g/mol. The van der Waals surface area contributed by atoms with Crippen molar-refractivity contribution in [2.75, 3.05) is 6.54 Å². The first kappa shape index (κ1) is 18.0.